The molecule has 0 aromatic carbocycles. The molecule has 1 fully saturated rings. The van der Waals surface area contributed by atoms with E-state index in [1.54, 1.807) is 7.11 Å². The topological polar surface area (TPSA) is 24.5 Å². The summed E-state index contributed by atoms with van der Waals surface area (Å²) in [4.78, 5) is 2.56. The van der Waals surface area contributed by atoms with Gasteiger partial charge in [0.25, 0.3) is 0 Å². The Morgan fingerprint density at radius 1 is 1.50 bits per heavy atom. The van der Waals surface area contributed by atoms with Crippen LogP contribution in [0, 0.1) is 0 Å². The zero-order valence-electron chi connectivity index (χ0n) is 9.75. The number of rotatable bonds is 5. The minimum atomic E-state index is 0.608. The molecule has 0 bridgehead atoms. The molecular formula is C11H24N2O. The van der Waals surface area contributed by atoms with Crippen molar-refractivity contribution in [3.63, 3.8) is 0 Å². The van der Waals surface area contributed by atoms with Gasteiger partial charge < -0.3 is 10.1 Å². The van der Waals surface area contributed by atoms with Crippen molar-refractivity contribution in [1.82, 2.24) is 10.2 Å². The second-order valence-corrected chi connectivity index (χ2v) is 4.07. The fourth-order valence-corrected chi connectivity index (χ4v) is 2.13. The van der Waals surface area contributed by atoms with Gasteiger partial charge in [0.2, 0.25) is 0 Å². The van der Waals surface area contributed by atoms with Crippen molar-refractivity contribution < 1.29 is 4.74 Å². The minimum absolute atomic E-state index is 0.608. The summed E-state index contributed by atoms with van der Waals surface area (Å²) in [5.74, 6) is 0. The number of hydrogen-bond acceptors (Lipinski definition) is 3. The third kappa shape index (κ3) is 3.23. The van der Waals surface area contributed by atoms with Crippen molar-refractivity contribution in [2.75, 3.05) is 33.4 Å². The van der Waals surface area contributed by atoms with Crippen LogP contribution in [0.3, 0.4) is 0 Å². The van der Waals surface area contributed by atoms with Gasteiger partial charge in [-0.1, -0.05) is 13.8 Å². The molecule has 0 aliphatic carbocycles. The predicted molar refractivity (Wildman–Crippen MR) is 59.6 cm³/mol. The highest BCUT2D eigenvalue weighted by molar-refractivity contribution is 4.81. The molecule has 1 N–H and O–H groups in total. The van der Waals surface area contributed by atoms with E-state index in [1.807, 2.05) is 0 Å². The van der Waals surface area contributed by atoms with E-state index in [2.05, 4.69) is 24.1 Å². The fraction of sp³-hybridized carbons (Fsp3) is 1.00. The highest BCUT2D eigenvalue weighted by Crippen LogP contribution is 2.10. The minimum Gasteiger partial charge on any atom is -0.383 e. The highest BCUT2D eigenvalue weighted by atomic mass is 16.5. The second kappa shape index (κ2) is 6.38. The van der Waals surface area contributed by atoms with Gasteiger partial charge in [0, 0.05) is 38.8 Å². The van der Waals surface area contributed by atoms with Crippen LogP contribution in [0.2, 0.25) is 0 Å². The van der Waals surface area contributed by atoms with Gasteiger partial charge in [-0.15, -0.1) is 0 Å². The smallest absolute Gasteiger partial charge is 0.0617 e. The molecule has 0 amide bonds. The van der Waals surface area contributed by atoms with Crippen molar-refractivity contribution in [2.45, 2.75) is 38.8 Å². The van der Waals surface area contributed by atoms with E-state index in [0.29, 0.717) is 12.1 Å². The molecule has 1 rings (SSSR count). The van der Waals surface area contributed by atoms with Gasteiger partial charge >= 0.3 is 0 Å². The lowest BCUT2D eigenvalue weighted by Crippen LogP contribution is -2.54. The Bertz CT molecular complexity index is 152. The summed E-state index contributed by atoms with van der Waals surface area (Å²) in [5.41, 5.74) is 0. The maximum Gasteiger partial charge on any atom is 0.0617 e. The van der Waals surface area contributed by atoms with Crippen molar-refractivity contribution >= 4 is 0 Å². The first-order valence-corrected chi connectivity index (χ1v) is 5.78. The van der Waals surface area contributed by atoms with Crippen LogP contribution in [0.1, 0.15) is 26.7 Å². The predicted octanol–water partition coefficient (Wildman–Crippen LogP) is 1.10. The maximum absolute atomic E-state index is 5.25. The average molecular weight is 200 g/mol. The van der Waals surface area contributed by atoms with Crippen LogP contribution in [-0.4, -0.2) is 50.3 Å². The van der Waals surface area contributed by atoms with Crippen LogP contribution in [0.25, 0.3) is 0 Å². The molecular weight excluding hydrogens is 176 g/mol. The first-order chi connectivity index (χ1) is 6.81. The van der Waals surface area contributed by atoms with Crippen molar-refractivity contribution in [3.8, 4) is 0 Å². The first-order valence-electron chi connectivity index (χ1n) is 5.78. The summed E-state index contributed by atoms with van der Waals surface area (Å²) in [7, 11) is 1.79. The molecule has 84 valence electrons. The van der Waals surface area contributed by atoms with Gasteiger partial charge in [-0.25, -0.2) is 0 Å². The Morgan fingerprint density at radius 3 is 2.86 bits per heavy atom. The Kier molecular flexibility index (Phi) is 5.45. The van der Waals surface area contributed by atoms with Crippen LogP contribution in [0.5, 0.6) is 0 Å². The molecule has 3 heteroatoms. The molecule has 1 aliphatic rings. The molecule has 0 saturated carbocycles. The van der Waals surface area contributed by atoms with E-state index in [4.69, 9.17) is 4.74 Å². The zero-order chi connectivity index (χ0) is 10.4. The second-order valence-electron chi connectivity index (χ2n) is 4.07. The third-order valence-corrected chi connectivity index (χ3v) is 3.13. The summed E-state index contributed by atoms with van der Waals surface area (Å²) >= 11 is 0. The maximum atomic E-state index is 5.25. The number of ether oxygens (including phenoxy) is 1. The number of nitrogens with zero attached hydrogens (tertiary/aromatic N) is 1. The standard InChI is InChI=1S/C11H24N2O/c1-4-10-8-13(7-6-12-10)11(5-2)9-14-3/h10-12H,4-9H2,1-3H3. The average Bonchev–Trinajstić information content (AvgIpc) is 2.26. The van der Waals surface area contributed by atoms with Crippen LogP contribution < -0.4 is 5.32 Å². The summed E-state index contributed by atoms with van der Waals surface area (Å²) in [6.07, 6.45) is 2.41. The number of nitrogens with one attached hydrogen (secondary N) is 1. The van der Waals surface area contributed by atoms with Crippen LogP contribution in [-0.2, 0) is 4.74 Å². The van der Waals surface area contributed by atoms with Crippen molar-refractivity contribution in [1.29, 1.82) is 0 Å². The number of methoxy groups -OCH3 is 1. The van der Waals surface area contributed by atoms with Gasteiger partial charge in [0.1, 0.15) is 0 Å². The SMILES string of the molecule is CCC1CN(C(CC)COC)CCN1. The van der Waals surface area contributed by atoms with Crippen molar-refractivity contribution in [2.24, 2.45) is 0 Å². The molecule has 0 aromatic rings. The Hall–Kier alpha value is -0.120. The summed E-state index contributed by atoms with van der Waals surface area (Å²) in [6.45, 7) is 8.83. The van der Waals surface area contributed by atoms with Crippen LogP contribution >= 0.6 is 0 Å². The summed E-state index contributed by atoms with van der Waals surface area (Å²) in [5, 5.41) is 3.54. The Labute approximate surface area is 87.8 Å². The van der Waals surface area contributed by atoms with Gasteiger partial charge in [-0.3, -0.25) is 4.90 Å². The molecule has 1 saturated heterocycles. The Balaban J connectivity index is 2.40. The third-order valence-electron chi connectivity index (χ3n) is 3.13. The summed E-state index contributed by atoms with van der Waals surface area (Å²) in [6, 6.07) is 1.28. The van der Waals surface area contributed by atoms with E-state index >= 15 is 0 Å². The van der Waals surface area contributed by atoms with Gasteiger partial charge in [-0.2, -0.15) is 0 Å². The first kappa shape index (κ1) is 12.0. The molecule has 14 heavy (non-hydrogen) atoms. The van der Waals surface area contributed by atoms with E-state index in [-0.39, 0.29) is 0 Å². The zero-order valence-corrected chi connectivity index (χ0v) is 9.75. The number of piperazine rings is 1. The number of hydrogen-bond donors (Lipinski definition) is 1. The van der Waals surface area contributed by atoms with Crippen LogP contribution in [0.15, 0.2) is 0 Å². The van der Waals surface area contributed by atoms with Crippen LogP contribution in [0.4, 0.5) is 0 Å². The summed E-state index contributed by atoms with van der Waals surface area (Å²) < 4.78 is 5.25. The van der Waals surface area contributed by atoms with E-state index < -0.39 is 0 Å². The van der Waals surface area contributed by atoms with Crippen molar-refractivity contribution in [3.05, 3.63) is 0 Å². The monoisotopic (exact) mass is 200 g/mol. The molecule has 2 atom stereocenters. The molecule has 0 radical (unpaired) electrons. The molecule has 1 aliphatic heterocycles. The molecule has 1 heterocycles. The lowest BCUT2D eigenvalue weighted by atomic mass is 10.1. The largest absolute Gasteiger partial charge is 0.383 e. The molecule has 0 aromatic heterocycles. The highest BCUT2D eigenvalue weighted by Gasteiger charge is 2.23. The normalized spacial score (nSPS) is 26.4. The molecule has 3 nitrogen and oxygen atoms in total. The molecule has 2 unspecified atom stereocenters. The lowest BCUT2D eigenvalue weighted by molar-refractivity contribution is 0.0668. The lowest BCUT2D eigenvalue weighted by Gasteiger charge is -2.38. The quantitative estimate of drug-likeness (QED) is 0.719. The van der Waals surface area contributed by atoms with E-state index in [9.17, 15) is 0 Å². The van der Waals surface area contributed by atoms with E-state index in [1.165, 1.54) is 25.9 Å². The van der Waals surface area contributed by atoms with Gasteiger partial charge in [0.05, 0.1) is 6.61 Å². The van der Waals surface area contributed by atoms with Gasteiger partial charge in [-0.05, 0) is 12.8 Å². The van der Waals surface area contributed by atoms with Gasteiger partial charge in [0.15, 0.2) is 0 Å². The fourth-order valence-electron chi connectivity index (χ4n) is 2.13. The Morgan fingerprint density at radius 2 is 2.29 bits per heavy atom. The molecule has 0 spiro atoms. The van der Waals surface area contributed by atoms with E-state index in [0.717, 1.165) is 13.2 Å².